The fourth-order valence-electron chi connectivity index (χ4n) is 1.04. The van der Waals surface area contributed by atoms with Gasteiger partial charge in [-0.15, -0.1) is 0 Å². The van der Waals surface area contributed by atoms with E-state index in [1.165, 1.54) is 11.6 Å². The van der Waals surface area contributed by atoms with Crippen molar-refractivity contribution in [2.45, 2.75) is 13.8 Å². The third-order valence-electron chi connectivity index (χ3n) is 1.82. The smallest absolute Gasteiger partial charge is 0.189 e. The van der Waals surface area contributed by atoms with Crippen molar-refractivity contribution >= 4 is 5.78 Å². The SMILES string of the molecule is COC1=CC(=O)/C(=C\C=C(C)C)C=C1. The number of ether oxygens (including phenoxy) is 1. The molecular weight excluding hydrogens is 176 g/mol. The van der Waals surface area contributed by atoms with Crippen LogP contribution in [0.1, 0.15) is 13.8 Å². The molecule has 1 aliphatic rings. The molecule has 74 valence electrons. The van der Waals surface area contributed by atoms with Crippen molar-refractivity contribution in [3.63, 3.8) is 0 Å². The Labute approximate surface area is 84.3 Å². The minimum atomic E-state index is -0.0122. The van der Waals surface area contributed by atoms with Crippen molar-refractivity contribution in [3.8, 4) is 0 Å². The van der Waals surface area contributed by atoms with Crippen LogP contribution in [0.3, 0.4) is 0 Å². The molecule has 0 bridgehead atoms. The second kappa shape index (κ2) is 4.61. The van der Waals surface area contributed by atoms with Gasteiger partial charge in [0.25, 0.3) is 0 Å². The molecule has 0 radical (unpaired) electrons. The third kappa shape index (κ3) is 2.73. The molecule has 0 saturated carbocycles. The summed E-state index contributed by atoms with van der Waals surface area (Å²) in [5, 5.41) is 0. The zero-order chi connectivity index (χ0) is 10.6. The van der Waals surface area contributed by atoms with Crippen molar-refractivity contribution < 1.29 is 9.53 Å². The Morgan fingerprint density at radius 3 is 2.57 bits per heavy atom. The average Bonchev–Trinajstić information content (AvgIpc) is 2.15. The summed E-state index contributed by atoms with van der Waals surface area (Å²) in [4.78, 5) is 11.5. The van der Waals surface area contributed by atoms with E-state index in [2.05, 4.69) is 0 Å². The molecule has 0 spiro atoms. The summed E-state index contributed by atoms with van der Waals surface area (Å²) in [7, 11) is 1.55. The van der Waals surface area contributed by atoms with Crippen LogP contribution in [0.2, 0.25) is 0 Å². The fraction of sp³-hybridized carbons (Fsp3) is 0.250. The molecule has 0 aliphatic heterocycles. The monoisotopic (exact) mass is 190 g/mol. The van der Waals surface area contributed by atoms with Crippen LogP contribution in [0, 0.1) is 0 Å². The van der Waals surface area contributed by atoms with Gasteiger partial charge in [-0.1, -0.05) is 17.7 Å². The Bertz CT molecular complexity index is 351. The van der Waals surface area contributed by atoms with E-state index >= 15 is 0 Å². The summed E-state index contributed by atoms with van der Waals surface area (Å²) in [6.45, 7) is 3.98. The highest BCUT2D eigenvalue weighted by Crippen LogP contribution is 2.13. The van der Waals surface area contributed by atoms with Crippen LogP contribution in [-0.2, 0) is 9.53 Å². The predicted octanol–water partition coefficient (Wildman–Crippen LogP) is 2.55. The number of hydrogen-bond donors (Lipinski definition) is 0. The van der Waals surface area contributed by atoms with Crippen molar-refractivity contribution in [2.24, 2.45) is 0 Å². The first-order valence-electron chi connectivity index (χ1n) is 4.47. The Hall–Kier alpha value is -1.57. The maximum absolute atomic E-state index is 11.5. The number of carbonyl (C=O) groups excluding carboxylic acids is 1. The van der Waals surface area contributed by atoms with Gasteiger partial charge in [0.15, 0.2) is 5.78 Å². The van der Waals surface area contributed by atoms with Crippen molar-refractivity contribution in [1.29, 1.82) is 0 Å². The first-order valence-corrected chi connectivity index (χ1v) is 4.47. The first kappa shape index (κ1) is 10.5. The zero-order valence-corrected chi connectivity index (χ0v) is 8.70. The number of ketones is 1. The number of hydrogen-bond acceptors (Lipinski definition) is 2. The van der Waals surface area contributed by atoms with Gasteiger partial charge in [0, 0.05) is 11.6 Å². The quantitative estimate of drug-likeness (QED) is 0.625. The Kier molecular flexibility index (Phi) is 3.46. The predicted molar refractivity (Wildman–Crippen MR) is 56.8 cm³/mol. The molecule has 0 atom stereocenters. The van der Waals surface area contributed by atoms with Gasteiger partial charge in [0.1, 0.15) is 5.76 Å². The van der Waals surface area contributed by atoms with Gasteiger partial charge in [-0.25, -0.2) is 0 Å². The van der Waals surface area contributed by atoms with Crippen LogP contribution in [0.4, 0.5) is 0 Å². The maximum Gasteiger partial charge on any atom is 0.189 e. The van der Waals surface area contributed by atoms with E-state index < -0.39 is 0 Å². The van der Waals surface area contributed by atoms with E-state index in [0.717, 1.165) is 0 Å². The molecule has 0 saturated heterocycles. The summed E-state index contributed by atoms with van der Waals surface area (Å²) < 4.78 is 4.95. The number of methoxy groups -OCH3 is 1. The Morgan fingerprint density at radius 1 is 1.36 bits per heavy atom. The van der Waals surface area contributed by atoms with Crippen LogP contribution < -0.4 is 0 Å². The molecule has 0 amide bonds. The van der Waals surface area contributed by atoms with E-state index in [4.69, 9.17) is 4.74 Å². The summed E-state index contributed by atoms with van der Waals surface area (Å²) in [6.07, 6.45) is 8.78. The molecule has 0 fully saturated rings. The van der Waals surface area contributed by atoms with Gasteiger partial charge < -0.3 is 4.74 Å². The van der Waals surface area contributed by atoms with E-state index in [-0.39, 0.29) is 5.78 Å². The summed E-state index contributed by atoms with van der Waals surface area (Å²) in [6, 6.07) is 0. The number of rotatable bonds is 2. The molecule has 0 N–H and O–H groups in total. The highest BCUT2D eigenvalue weighted by Gasteiger charge is 2.09. The first-order chi connectivity index (χ1) is 6.63. The van der Waals surface area contributed by atoms with Crippen molar-refractivity contribution in [1.82, 2.24) is 0 Å². The standard InChI is InChI=1S/C12H14O2/c1-9(2)4-5-10-6-7-11(14-3)8-12(10)13/h4-8H,1-3H3/b10-5-. The van der Waals surface area contributed by atoms with Crippen LogP contribution in [-0.4, -0.2) is 12.9 Å². The normalized spacial score (nSPS) is 18.1. The number of allylic oxidation sites excluding steroid dienone is 7. The van der Waals surface area contributed by atoms with Crippen molar-refractivity contribution in [3.05, 3.63) is 47.3 Å². The summed E-state index contributed by atoms with van der Waals surface area (Å²) in [5.41, 5.74) is 1.85. The lowest BCUT2D eigenvalue weighted by atomic mass is 10.0. The van der Waals surface area contributed by atoms with E-state index in [1.807, 2.05) is 26.0 Å². The molecular formula is C12H14O2. The van der Waals surface area contributed by atoms with Gasteiger partial charge in [0.2, 0.25) is 0 Å². The molecule has 1 aliphatic carbocycles. The summed E-state index contributed by atoms with van der Waals surface area (Å²) in [5.74, 6) is 0.589. The maximum atomic E-state index is 11.5. The zero-order valence-electron chi connectivity index (χ0n) is 8.70. The molecule has 0 aromatic heterocycles. The second-order valence-corrected chi connectivity index (χ2v) is 3.31. The molecule has 1 rings (SSSR count). The lowest BCUT2D eigenvalue weighted by Gasteiger charge is -2.06. The average molecular weight is 190 g/mol. The second-order valence-electron chi connectivity index (χ2n) is 3.31. The fourth-order valence-corrected chi connectivity index (χ4v) is 1.04. The Balaban J connectivity index is 2.85. The van der Waals surface area contributed by atoms with E-state index in [0.29, 0.717) is 11.3 Å². The van der Waals surface area contributed by atoms with Crippen LogP contribution in [0.15, 0.2) is 47.3 Å². The lowest BCUT2D eigenvalue weighted by Crippen LogP contribution is -2.02. The third-order valence-corrected chi connectivity index (χ3v) is 1.82. The van der Waals surface area contributed by atoms with Crippen LogP contribution in [0.25, 0.3) is 0 Å². The molecule has 2 heteroatoms. The van der Waals surface area contributed by atoms with Gasteiger partial charge in [0.05, 0.1) is 7.11 Å². The summed E-state index contributed by atoms with van der Waals surface area (Å²) >= 11 is 0. The molecule has 0 aromatic carbocycles. The molecule has 0 aromatic rings. The Morgan fingerprint density at radius 2 is 2.07 bits per heavy atom. The highest BCUT2D eigenvalue weighted by atomic mass is 16.5. The minimum absolute atomic E-state index is 0.0122. The van der Waals surface area contributed by atoms with E-state index in [1.54, 1.807) is 19.3 Å². The highest BCUT2D eigenvalue weighted by molar-refractivity contribution is 6.08. The van der Waals surface area contributed by atoms with Crippen LogP contribution in [0.5, 0.6) is 0 Å². The largest absolute Gasteiger partial charge is 0.497 e. The molecule has 0 heterocycles. The lowest BCUT2D eigenvalue weighted by molar-refractivity contribution is -0.111. The van der Waals surface area contributed by atoms with Gasteiger partial charge in [-0.2, -0.15) is 0 Å². The number of carbonyl (C=O) groups is 1. The molecule has 14 heavy (non-hydrogen) atoms. The topological polar surface area (TPSA) is 26.3 Å². The minimum Gasteiger partial charge on any atom is -0.497 e. The van der Waals surface area contributed by atoms with Gasteiger partial charge >= 0.3 is 0 Å². The van der Waals surface area contributed by atoms with Gasteiger partial charge in [-0.3, -0.25) is 4.79 Å². The van der Waals surface area contributed by atoms with Gasteiger partial charge in [-0.05, 0) is 26.0 Å². The van der Waals surface area contributed by atoms with Crippen LogP contribution >= 0.6 is 0 Å². The van der Waals surface area contributed by atoms with Crippen molar-refractivity contribution in [2.75, 3.05) is 7.11 Å². The van der Waals surface area contributed by atoms with E-state index in [9.17, 15) is 4.79 Å². The molecule has 0 unspecified atom stereocenters. The molecule has 2 nitrogen and oxygen atoms in total.